The Morgan fingerprint density at radius 1 is 1.03 bits per heavy atom. The van der Waals surface area contributed by atoms with Crippen molar-refractivity contribution in [3.8, 4) is 0 Å². The number of benzene rings is 2. The molecule has 1 saturated carbocycles. The van der Waals surface area contributed by atoms with Crippen LogP contribution in [0, 0.1) is 5.92 Å². The number of carbonyl (C=O) groups excluding carboxylic acids is 2. The molecule has 166 valence electrons. The van der Waals surface area contributed by atoms with Crippen LogP contribution in [0.4, 0.5) is 0 Å². The Morgan fingerprint density at radius 2 is 1.81 bits per heavy atom. The maximum atomic E-state index is 12.9. The Balaban J connectivity index is 1.41. The van der Waals surface area contributed by atoms with Crippen LogP contribution in [0.25, 0.3) is 10.8 Å². The van der Waals surface area contributed by atoms with Gasteiger partial charge >= 0.3 is 5.97 Å². The molecular formula is C26H34N2O3. The van der Waals surface area contributed by atoms with Crippen molar-refractivity contribution in [1.29, 1.82) is 0 Å². The van der Waals surface area contributed by atoms with Crippen molar-refractivity contribution in [3.63, 3.8) is 0 Å². The summed E-state index contributed by atoms with van der Waals surface area (Å²) in [5.74, 6) is 0.455. The molecule has 2 fully saturated rings. The SMILES string of the molecule is CCOC(=O)C1CC(NC(=O)c2ccc3ccccc3c2)CCN1CC1CCCCC1. The van der Waals surface area contributed by atoms with Gasteiger partial charge in [0.25, 0.3) is 5.91 Å². The summed E-state index contributed by atoms with van der Waals surface area (Å²) < 4.78 is 5.39. The van der Waals surface area contributed by atoms with Gasteiger partial charge in [-0.15, -0.1) is 0 Å². The third kappa shape index (κ3) is 5.45. The standard InChI is InChI=1S/C26H34N2O3/c1-2-31-26(30)24-17-23(14-15-28(24)18-19-8-4-3-5-9-19)27-25(29)22-13-12-20-10-6-7-11-21(20)16-22/h6-7,10-13,16,19,23-24H,2-5,8-9,14-15,17-18H2,1H3,(H,27,29). The van der Waals surface area contributed by atoms with Gasteiger partial charge in [0.15, 0.2) is 0 Å². The Morgan fingerprint density at radius 3 is 2.58 bits per heavy atom. The van der Waals surface area contributed by atoms with Crippen LogP contribution >= 0.6 is 0 Å². The Hall–Kier alpha value is -2.40. The van der Waals surface area contributed by atoms with E-state index in [1.54, 1.807) is 0 Å². The maximum absolute atomic E-state index is 12.9. The zero-order valence-electron chi connectivity index (χ0n) is 18.5. The first-order valence-electron chi connectivity index (χ1n) is 11.8. The van der Waals surface area contributed by atoms with Gasteiger partial charge in [0.2, 0.25) is 0 Å². The van der Waals surface area contributed by atoms with Gasteiger partial charge in [0, 0.05) is 24.7 Å². The Kier molecular flexibility index (Phi) is 7.23. The fraction of sp³-hybridized carbons (Fsp3) is 0.538. The molecule has 2 aromatic carbocycles. The summed E-state index contributed by atoms with van der Waals surface area (Å²) in [4.78, 5) is 27.9. The first-order chi connectivity index (χ1) is 15.1. The van der Waals surface area contributed by atoms with E-state index in [1.807, 2.05) is 49.4 Å². The van der Waals surface area contributed by atoms with Gasteiger partial charge in [-0.3, -0.25) is 14.5 Å². The zero-order chi connectivity index (χ0) is 21.6. The normalized spacial score (nSPS) is 22.9. The van der Waals surface area contributed by atoms with Crippen molar-refractivity contribution in [1.82, 2.24) is 10.2 Å². The Labute approximate surface area is 185 Å². The van der Waals surface area contributed by atoms with Crippen molar-refractivity contribution in [2.75, 3.05) is 19.7 Å². The number of esters is 1. The molecule has 2 atom stereocenters. The molecule has 1 N–H and O–H groups in total. The highest BCUT2D eigenvalue weighted by Gasteiger charge is 2.36. The summed E-state index contributed by atoms with van der Waals surface area (Å²) in [6.45, 7) is 4.03. The molecule has 1 amide bonds. The molecule has 2 unspecified atom stereocenters. The van der Waals surface area contributed by atoms with Crippen molar-refractivity contribution < 1.29 is 14.3 Å². The number of hydrogen-bond acceptors (Lipinski definition) is 4. The number of amides is 1. The molecule has 31 heavy (non-hydrogen) atoms. The predicted octanol–water partition coefficient (Wildman–Crippen LogP) is 4.55. The lowest BCUT2D eigenvalue weighted by Gasteiger charge is -2.40. The molecular weight excluding hydrogens is 388 g/mol. The third-order valence-corrected chi connectivity index (χ3v) is 6.84. The van der Waals surface area contributed by atoms with E-state index < -0.39 is 0 Å². The summed E-state index contributed by atoms with van der Waals surface area (Å²) in [5.41, 5.74) is 0.663. The van der Waals surface area contributed by atoms with Crippen LogP contribution in [0.3, 0.4) is 0 Å². The van der Waals surface area contributed by atoms with Crippen LogP contribution in [-0.4, -0.2) is 48.6 Å². The number of rotatable bonds is 6. The Bertz CT molecular complexity index is 906. The molecule has 1 aliphatic carbocycles. The van der Waals surface area contributed by atoms with Crippen molar-refractivity contribution in [2.45, 2.75) is 64.0 Å². The molecule has 4 rings (SSSR count). The molecule has 0 aromatic heterocycles. The first kappa shape index (κ1) is 21.8. The monoisotopic (exact) mass is 422 g/mol. The van der Waals surface area contributed by atoms with Crippen LogP contribution in [0.1, 0.15) is 62.2 Å². The van der Waals surface area contributed by atoms with Gasteiger partial charge < -0.3 is 10.1 Å². The molecule has 0 spiro atoms. The van der Waals surface area contributed by atoms with E-state index in [0.717, 1.165) is 30.3 Å². The highest BCUT2D eigenvalue weighted by molar-refractivity contribution is 5.98. The third-order valence-electron chi connectivity index (χ3n) is 6.84. The van der Waals surface area contributed by atoms with E-state index >= 15 is 0 Å². The lowest BCUT2D eigenvalue weighted by molar-refractivity contribution is -0.151. The largest absolute Gasteiger partial charge is 0.465 e. The van der Waals surface area contributed by atoms with Crippen LogP contribution in [0.5, 0.6) is 0 Å². The molecule has 2 aliphatic rings. The summed E-state index contributed by atoms with van der Waals surface area (Å²) in [5, 5.41) is 5.36. The zero-order valence-corrected chi connectivity index (χ0v) is 18.5. The van der Waals surface area contributed by atoms with Crippen molar-refractivity contribution >= 4 is 22.6 Å². The fourth-order valence-corrected chi connectivity index (χ4v) is 5.15. The average Bonchev–Trinajstić information content (AvgIpc) is 2.80. The molecule has 1 aliphatic heterocycles. The topological polar surface area (TPSA) is 58.6 Å². The number of fused-ring (bicyclic) bond motifs is 1. The summed E-state index contributed by atoms with van der Waals surface area (Å²) in [7, 11) is 0. The van der Waals surface area contributed by atoms with E-state index in [4.69, 9.17) is 4.74 Å². The predicted molar refractivity (Wildman–Crippen MR) is 123 cm³/mol. The second-order valence-corrected chi connectivity index (χ2v) is 9.02. The minimum Gasteiger partial charge on any atom is -0.465 e. The number of ether oxygens (including phenoxy) is 1. The van der Waals surface area contributed by atoms with Crippen LogP contribution in [0.2, 0.25) is 0 Å². The van der Waals surface area contributed by atoms with Gasteiger partial charge in [-0.1, -0.05) is 49.6 Å². The number of piperidine rings is 1. The number of carbonyl (C=O) groups is 2. The number of nitrogens with one attached hydrogen (secondary N) is 1. The number of nitrogens with zero attached hydrogens (tertiary/aromatic N) is 1. The molecule has 1 heterocycles. The highest BCUT2D eigenvalue weighted by atomic mass is 16.5. The van der Waals surface area contributed by atoms with Gasteiger partial charge in [-0.25, -0.2) is 0 Å². The summed E-state index contributed by atoms with van der Waals surface area (Å²) in [6.07, 6.45) is 7.93. The van der Waals surface area contributed by atoms with Gasteiger partial charge in [-0.2, -0.15) is 0 Å². The summed E-state index contributed by atoms with van der Waals surface area (Å²) >= 11 is 0. The molecule has 5 heteroatoms. The molecule has 5 nitrogen and oxygen atoms in total. The van der Waals surface area contributed by atoms with E-state index in [1.165, 1.54) is 32.1 Å². The second-order valence-electron chi connectivity index (χ2n) is 9.02. The minimum absolute atomic E-state index is 0.0176. The summed E-state index contributed by atoms with van der Waals surface area (Å²) in [6, 6.07) is 13.6. The van der Waals surface area contributed by atoms with Gasteiger partial charge in [0.1, 0.15) is 6.04 Å². The van der Waals surface area contributed by atoms with E-state index in [0.29, 0.717) is 24.5 Å². The maximum Gasteiger partial charge on any atom is 0.323 e. The lowest BCUT2D eigenvalue weighted by atomic mass is 9.87. The average molecular weight is 423 g/mol. The van der Waals surface area contributed by atoms with E-state index in [9.17, 15) is 9.59 Å². The van der Waals surface area contributed by atoms with E-state index in [-0.39, 0.29) is 24.0 Å². The molecule has 0 bridgehead atoms. The smallest absolute Gasteiger partial charge is 0.323 e. The van der Waals surface area contributed by atoms with Crippen LogP contribution < -0.4 is 5.32 Å². The van der Waals surface area contributed by atoms with Crippen LogP contribution in [-0.2, 0) is 9.53 Å². The minimum atomic E-state index is -0.266. The van der Waals surface area contributed by atoms with Gasteiger partial charge in [-0.05, 0) is 61.4 Å². The number of likely N-dealkylation sites (tertiary alicyclic amines) is 1. The van der Waals surface area contributed by atoms with Crippen molar-refractivity contribution in [3.05, 3.63) is 48.0 Å². The highest BCUT2D eigenvalue weighted by Crippen LogP contribution is 2.28. The number of hydrogen-bond donors (Lipinski definition) is 1. The molecule has 2 aromatic rings. The van der Waals surface area contributed by atoms with Crippen molar-refractivity contribution in [2.24, 2.45) is 5.92 Å². The fourth-order valence-electron chi connectivity index (χ4n) is 5.15. The van der Waals surface area contributed by atoms with Gasteiger partial charge in [0.05, 0.1) is 6.61 Å². The van der Waals surface area contributed by atoms with E-state index in [2.05, 4.69) is 10.2 Å². The molecule has 0 radical (unpaired) electrons. The quantitative estimate of drug-likeness (QED) is 0.694. The van der Waals surface area contributed by atoms with Crippen LogP contribution in [0.15, 0.2) is 42.5 Å². The molecule has 1 saturated heterocycles. The lowest BCUT2D eigenvalue weighted by Crippen LogP contribution is -2.54. The first-order valence-corrected chi connectivity index (χ1v) is 11.8. The second kappa shape index (κ2) is 10.3.